The van der Waals surface area contributed by atoms with Crippen LogP contribution in [0.4, 0.5) is 16.2 Å². The van der Waals surface area contributed by atoms with E-state index in [-0.39, 0.29) is 18.0 Å². The Bertz CT molecular complexity index is 853. The smallest absolute Gasteiger partial charge is 0.410 e. The Morgan fingerprint density at radius 2 is 1.92 bits per heavy atom. The van der Waals surface area contributed by atoms with Crippen LogP contribution < -0.4 is 15.0 Å². The molecular weight excluding hydrogens is 330 g/mol. The highest BCUT2D eigenvalue weighted by Gasteiger charge is 2.45. The Kier molecular flexibility index (Phi) is 4.03. The molecule has 0 spiro atoms. The van der Waals surface area contributed by atoms with Gasteiger partial charge in [0.25, 0.3) is 0 Å². The molecule has 4 rings (SSSR count). The number of para-hydroxylation sites is 1. The number of nitrogens with zero attached hydrogens (tertiary/aromatic N) is 2. The van der Waals surface area contributed by atoms with E-state index in [1.54, 1.807) is 19.1 Å². The molecule has 2 unspecified atom stereocenters. The molecule has 1 saturated heterocycles. The fourth-order valence-corrected chi connectivity index (χ4v) is 4.05. The van der Waals surface area contributed by atoms with Crippen LogP contribution >= 0.6 is 0 Å². The number of anilines is 2. The van der Waals surface area contributed by atoms with Crippen LogP contribution in [0, 0.1) is 0 Å². The summed E-state index contributed by atoms with van der Waals surface area (Å²) in [7, 11) is 2.02. The van der Waals surface area contributed by atoms with Gasteiger partial charge in [-0.3, -0.25) is 10.1 Å². The van der Waals surface area contributed by atoms with Crippen LogP contribution in [0.25, 0.3) is 0 Å². The van der Waals surface area contributed by atoms with Crippen molar-refractivity contribution in [2.75, 3.05) is 23.8 Å². The number of likely N-dealkylation sites (tertiary alicyclic amines) is 1. The first-order valence-electron chi connectivity index (χ1n) is 8.72. The average Bonchev–Trinajstić information content (AvgIpc) is 3.16. The molecule has 0 aliphatic carbocycles. The lowest BCUT2D eigenvalue weighted by atomic mass is 9.98. The Morgan fingerprint density at radius 1 is 1.15 bits per heavy atom. The second-order valence-corrected chi connectivity index (χ2v) is 6.73. The third kappa shape index (κ3) is 2.77. The second-order valence-electron chi connectivity index (χ2n) is 6.73. The molecule has 1 N–H and O–H groups in total. The molecule has 0 radical (unpaired) electrons. The molecule has 0 bridgehead atoms. The summed E-state index contributed by atoms with van der Waals surface area (Å²) in [6, 6.07) is 14.8. The van der Waals surface area contributed by atoms with Crippen LogP contribution in [0.2, 0.25) is 0 Å². The minimum absolute atomic E-state index is 0.0639. The lowest BCUT2D eigenvalue weighted by molar-refractivity contribution is -0.129. The van der Waals surface area contributed by atoms with Gasteiger partial charge in [-0.05, 0) is 42.3 Å². The molecule has 2 heterocycles. The van der Waals surface area contributed by atoms with Crippen molar-refractivity contribution >= 4 is 23.4 Å². The third-order valence-corrected chi connectivity index (χ3v) is 5.17. The Hall–Kier alpha value is -3.02. The summed E-state index contributed by atoms with van der Waals surface area (Å²) in [5.74, 6) is 0.867. The second kappa shape index (κ2) is 6.37. The lowest BCUT2D eigenvalue weighted by Gasteiger charge is -2.30. The first kappa shape index (κ1) is 16.4. The van der Waals surface area contributed by atoms with E-state index in [1.165, 1.54) is 5.56 Å². The predicted octanol–water partition coefficient (Wildman–Crippen LogP) is 3.41. The lowest BCUT2D eigenvalue weighted by Crippen LogP contribution is -2.44. The van der Waals surface area contributed by atoms with Gasteiger partial charge in [0.2, 0.25) is 5.91 Å². The van der Waals surface area contributed by atoms with E-state index in [0.29, 0.717) is 11.4 Å². The molecule has 2 amide bonds. The van der Waals surface area contributed by atoms with Crippen LogP contribution in [-0.2, 0) is 4.79 Å². The van der Waals surface area contributed by atoms with Crippen molar-refractivity contribution in [2.24, 2.45) is 0 Å². The number of amides is 2. The molecule has 2 aromatic rings. The van der Waals surface area contributed by atoms with Gasteiger partial charge in [-0.25, -0.2) is 4.79 Å². The van der Waals surface area contributed by atoms with E-state index in [1.807, 2.05) is 48.3 Å². The number of carbonyl (C=O) groups is 2. The van der Waals surface area contributed by atoms with Gasteiger partial charge >= 0.3 is 6.09 Å². The van der Waals surface area contributed by atoms with Crippen molar-refractivity contribution in [3.8, 4) is 5.75 Å². The van der Waals surface area contributed by atoms with Crippen molar-refractivity contribution in [3.63, 3.8) is 0 Å². The van der Waals surface area contributed by atoms with E-state index in [9.17, 15) is 9.59 Å². The zero-order chi connectivity index (χ0) is 18.3. The molecule has 1 fully saturated rings. The van der Waals surface area contributed by atoms with E-state index >= 15 is 0 Å². The van der Waals surface area contributed by atoms with Gasteiger partial charge in [0.15, 0.2) is 0 Å². The summed E-state index contributed by atoms with van der Waals surface area (Å²) < 4.78 is 5.28. The Balaban J connectivity index is 1.52. The number of hydrogen-bond donors (Lipinski definition) is 1. The molecule has 2 aromatic carbocycles. The van der Waals surface area contributed by atoms with Crippen molar-refractivity contribution in [1.29, 1.82) is 0 Å². The molecule has 6 nitrogen and oxygen atoms in total. The van der Waals surface area contributed by atoms with Gasteiger partial charge < -0.3 is 14.5 Å². The highest BCUT2D eigenvalue weighted by Crippen LogP contribution is 2.47. The van der Waals surface area contributed by atoms with Crippen LogP contribution in [-0.4, -0.2) is 36.7 Å². The average molecular weight is 351 g/mol. The zero-order valence-corrected chi connectivity index (χ0v) is 14.8. The molecule has 134 valence electrons. The summed E-state index contributed by atoms with van der Waals surface area (Å²) >= 11 is 0. The Labute approximate surface area is 152 Å². The van der Waals surface area contributed by atoms with Crippen molar-refractivity contribution in [2.45, 2.75) is 25.4 Å². The normalized spacial score (nSPS) is 20.5. The van der Waals surface area contributed by atoms with Crippen molar-refractivity contribution in [1.82, 2.24) is 4.90 Å². The number of nitrogens with one attached hydrogen (secondary N) is 1. The first-order valence-corrected chi connectivity index (χ1v) is 8.72. The van der Waals surface area contributed by atoms with Crippen molar-refractivity contribution in [3.05, 3.63) is 54.1 Å². The van der Waals surface area contributed by atoms with Crippen LogP contribution in [0.15, 0.2) is 48.5 Å². The number of rotatable bonds is 2. The maximum atomic E-state index is 12.1. The molecule has 2 aliphatic rings. The SMILES string of the molecule is CC(=O)N1CCC2c3cc(NC(=O)Oc4ccccc4)ccc3N(C)C21. The minimum atomic E-state index is -0.518. The standard InChI is InChI=1S/C20H21N3O3/c1-13(24)23-11-10-16-17-12-14(8-9-18(17)22(2)19(16)23)21-20(25)26-15-6-4-3-5-7-15/h3-9,12,16,19H,10-11H2,1-2H3,(H,21,25). The molecule has 6 heteroatoms. The van der Waals surface area contributed by atoms with Gasteiger partial charge in [-0.15, -0.1) is 0 Å². The summed E-state index contributed by atoms with van der Waals surface area (Å²) in [6.45, 7) is 2.38. The molecule has 2 aliphatic heterocycles. The summed E-state index contributed by atoms with van der Waals surface area (Å²) in [6.07, 6.45) is 0.476. The number of fused-ring (bicyclic) bond motifs is 3. The van der Waals surface area contributed by atoms with E-state index < -0.39 is 6.09 Å². The molecule has 2 atom stereocenters. The van der Waals surface area contributed by atoms with E-state index in [0.717, 1.165) is 18.7 Å². The highest BCUT2D eigenvalue weighted by atomic mass is 16.6. The third-order valence-electron chi connectivity index (χ3n) is 5.17. The molecule has 26 heavy (non-hydrogen) atoms. The fraction of sp³-hybridized carbons (Fsp3) is 0.300. The maximum Gasteiger partial charge on any atom is 0.417 e. The maximum absolute atomic E-state index is 12.1. The van der Waals surface area contributed by atoms with Gasteiger partial charge in [0.1, 0.15) is 11.9 Å². The van der Waals surface area contributed by atoms with Crippen molar-refractivity contribution < 1.29 is 14.3 Å². The largest absolute Gasteiger partial charge is 0.417 e. The number of benzene rings is 2. The molecular formula is C20H21N3O3. The number of ether oxygens (including phenoxy) is 1. The summed E-state index contributed by atoms with van der Waals surface area (Å²) in [4.78, 5) is 28.1. The van der Waals surface area contributed by atoms with Crippen LogP contribution in [0.3, 0.4) is 0 Å². The van der Waals surface area contributed by atoms with Gasteiger partial charge in [-0.2, -0.15) is 0 Å². The van der Waals surface area contributed by atoms with E-state index in [2.05, 4.69) is 10.2 Å². The predicted molar refractivity (Wildman–Crippen MR) is 99.5 cm³/mol. The Morgan fingerprint density at radius 3 is 2.65 bits per heavy atom. The summed E-state index contributed by atoms with van der Waals surface area (Å²) in [5.41, 5.74) is 2.96. The summed E-state index contributed by atoms with van der Waals surface area (Å²) in [5, 5.41) is 2.79. The number of carbonyl (C=O) groups excluding carboxylic acids is 2. The molecule has 0 aromatic heterocycles. The topological polar surface area (TPSA) is 61.9 Å². The molecule has 0 saturated carbocycles. The monoisotopic (exact) mass is 351 g/mol. The number of likely N-dealkylation sites (N-methyl/N-ethyl adjacent to an activating group) is 1. The zero-order valence-electron chi connectivity index (χ0n) is 14.8. The van der Waals surface area contributed by atoms with E-state index in [4.69, 9.17) is 4.74 Å². The fourth-order valence-electron chi connectivity index (χ4n) is 4.05. The van der Waals surface area contributed by atoms with Gasteiger partial charge in [-0.1, -0.05) is 18.2 Å². The number of hydrogen-bond acceptors (Lipinski definition) is 4. The minimum Gasteiger partial charge on any atom is -0.410 e. The van der Waals surface area contributed by atoms with Gasteiger partial charge in [0.05, 0.1) is 0 Å². The van der Waals surface area contributed by atoms with Gasteiger partial charge in [0, 0.05) is 37.8 Å². The van der Waals surface area contributed by atoms with Crippen LogP contribution in [0.1, 0.15) is 24.8 Å². The quantitative estimate of drug-likeness (QED) is 0.901. The van der Waals surface area contributed by atoms with Crippen LogP contribution in [0.5, 0.6) is 5.75 Å². The highest BCUT2D eigenvalue weighted by molar-refractivity contribution is 5.87. The first-order chi connectivity index (χ1) is 12.5.